The van der Waals surface area contributed by atoms with Crippen LogP contribution in [0.4, 0.5) is 5.82 Å². The van der Waals surface area contributed by atoms with Crippen molar-refractivity contribution in [3.05, 3.63) is 42.5 Å². The van der Waals surface area contributed by atoms with Gasteiger partial charge in [0.2, 0.25) is 0 Å². The van der Waals surface area contributed by atoms with Gasteiger partial charge in [-0.2, -0.15) is 5.10 Å². The Balaban J connectivity index is 1.55. The van der Waals surface area contributed by atoms with Gasteiger partial charge in [0.1, 0.15) is 16.9 Å². The molecule has 118 valence electrons. The van der Waals surface area contributed by atoms with E-state index >= 15 is 0 Å². The van der Waals surface area contributed by atoms with Crippen LogP contribution in [-0.2, 0) is 12.6 Å². The number of piperidine rings is 1. The molecule has 1 aliphatic heterocycles. The minimum absolute atomic E-state index is 0.646. The molecule has 1 aliphatic rings. The zero-order valence-corrected chi connectivity index (χ0v) is 12.9. The summed E-state index contributed by atoms with van der Waals surface area (Å²) in [5, 5.41) is 15.1. The summed E-state index contributed by atoms with van der Waals surface area (Å²) in [5.41, 5.74) is 1.49. The first-order valence-corrected chi connectivity index (χ1v) is 7.69. The number of anilines is 1. The van der Waals surface area contributed by atoms with Crippen molar-refractivity contribution >= 4 is 17.0 Å². The third kappa shape index (κ3) is 2.43. The standard InChI is InChI=1S/C16H18N6O/c1-21-13(4-7-19-21)16(23)5-10-22(11-6-16)14-3-2-12-15(20-14)18-9-8-17-12/h2-4,7-9,23H,5-6,10-11H2,1H3. The largest absolute Gasteiger partial charge is 0.383 e. The Hall–Kier alpha value is -2.54. The summed E-state index contributed by atoms with van der Waals surface area (Å²) >= 11 is 0. The summed E-state index contributed by atoms with van der Waals surface area (Å²) in [4.78, 5) is 15.3. The molecule has 0 unspecified atom stereocenters. The molecular weight excluding hydrogens is 292 g/mol. The molecule has 0 atom stereocenters. The topological polar surface area (TPSA) is 80.0 Å². The SMILES string of the molecule is Cn1nccc1C1(O)CCN(c2ccc3nccnc3n2)CC1. The molecule has 0 aliphatic carbocycles. The van der Waals surface area contributed by atoms with Crippen molar-refractivity contribution in [3.8, 4) is 0 Å². The monoisotopic (exact) mass is 310 g/mol. The zero-order valence-electron chi connectivity index (χ0n) is 12.9. The summed E-state index contributed by atoms with van der Waals surface area (Å²) in [5.74, 6) is 0.880. The predicted octanol–water partition coefficient (Wildman–Crippen LogP) is 1.25. The molecule has 3 aromatic rings. The highest BCUT2D eigenvalue weighted by Crippen LogP contribution is 2.33. The molecule has 1 fully saturated rings. The lowest BCUT2D eigenvalue weighted by Crippen LogP contribution is -2.43. The quantitative estimate of drug-likeness (QED) is 0.767. The number of fused-ring (bicyclic) bond motifs is 1. The van der Waals surface area contributed by atoms with E-state index in [-0.39, 0.29) is 0 Å². The molecule has 0 amide bonds. The molecule has 4 heterocycles. The van der Waals surface area contributed by atoms with Crippen LogP contribution >= 0.6 is 0 Å². The van der Waals surface area contributed by atoms with Gasteiger partial charge in [0.15, 0.2) is 5.65 Å². The van der Waals surface area contributed by atoms with E-state index in [4.69, 9.17) is 0 Å². The van der Waals surface area contributed by atoms with E-state index in [0.717, 1.165) is 30.1 Å². The van der Waals surface area contributed by atoms with E-state index in [1.165, 1.54) is 0 Å². The van der Waals surface area contributed by atoms with Crippen molar-refractivity contribution < 1.29 is 5.11 Å². The predicted molar refractivity (Wildman–Crippen MR) is 85.9 cm³/mol. The summed E-state index contributed by atoms with van der Waals surface area (Å²) in [6.45, 7) is 1.47. The van der Waals surface area contributed by atoms with Crippen molar-refractivity contribution in [2.75, 3.05) is 18.0 Å². The van der Waals surface area contributed by atoms with Crippen LogP contribution in [0.3, 0.4) is 0 Å². The number of rotatable bonds is 2. The number of aryl methyl sites for hydroxylation is 1. The lowest BCUT2D eigenvalue weighted by Gasteiger charge is -2.38. The molecule has 4 rings (SSSR count). The van der Waals surface area contributed by atoms with Crippen molar-refractivity contribution in [2.45, 2.75) is 18.4 Å². The van der Waals surface area contributed by atoms with Gasteiger partial charge < -0.3 is 10.0 Å². The van der Waals surface area contributed by atoms with E-state index in [1.807, 2.05) is 25.2 Å². The van der Waals surface area contributed by atoms with E-state index in [9.17, 15) is 5.11 Å². The fourth-order valence-corrected chi connectivity index (χ4v) is 3.21. The van der Waals surface area contributed by atoms with Crippen molar-refractivity contribution in [3.63, 3.8) is 0 Å². The van der Waals surface area contributed by atoms with E-state index < -0.39 is 5.60 Å². The molecule has 7 heteroatoms. The second-order valence-corrected chi connectivity index (χ2v) is 5.93. The number of aliphatic hydroxyl groups is 1. The number of pyridine rings is 1. The second kappa shape index (κ2) is 5.27. The van der Waals surface area contributed by atoms with Crippen LogP contribution in [-0.4, -0.2) is 42.9 Å². The van der Waals surface area contributed by atoms with Crippen molar-refractivity contribution in [1.82, 2.24) is 24.7 Å². The molecule has 1 saturated heterocycles. The molecule has 0 spiro atoms. The number of nitrogens with zero attached hydrogens (tertiary/aromatic N) is 6. The van der Waals surface area contributed by atoms with Crippen LogP contribution in [0.5, 0.6) is 0 Å². The Morgan fingerprint density at radius 1 is 1.04 bits per heavy atom. The maximum Gasteiger partial charge on any atom is 0.180 e. The lowest BCUT2D eigenvalue weighted by molar-refractivity contribution is 0.00404. The van der Waals surface area contributed by atoms with Crippen LogP contribution in [0, 0.1) is 0 Å². The Morgan fingerprint density at radius 2 is 1.83 bits per heavy atom. The molecule has 7 nitrogen and oxygen atoms in total. The average Bonchev–Trinajstić information content (AvgIpc) is 3.02. The van der Waals surface area contributed by atoms with Gasteiger partial charge in [0.05, 0.1) is 5.69 Å². The highest BCUT2D eigenvalue weighted by Gasteiger charge is 2.36. The minimum atomic E-state index is -0.821. The summed E-state index contributed by atoms with van der Waals surface area (Å²) in [6.07, 6.45) is 6.33. The van der Waals surface area contributed by atoms with Gasteiger partial charge >= 0.3 is 0 Å². The number of aromatic nitrogens is 5. The molecule has 0 radical (unpaired) electrons. The number of hydrogen-bond acceptors (Lipinski definition) is 6. The Bertz CT molecular complexity index is 837. The van der Waals surface area contributed by atoms with E-state index in [2.05, 4.69) is 25.0 Å². The Labute approximate surface area is 133 Å². The Kier molecular flexibility index (Phi) is 3.23. The second-order valence-electron chi connectivity index (χ2n) is 5.93. The van der Waals surface area contributed by atoms with Gasteiger partial charge in [-0.15, -0.1) is 0 Å². The first-order chi connectivity index (χ1) is 11.2. The van der Waals surface area contributed by atoms with E-state index in [0.29, 0.717) is 18.5 Å². The zero-order chi connectivity index (χ0) is 15.9. The first-order valence-electron chi connectivity index (χ1n) is 7.69. The van der Waals surface area contributed by atoms with Gasteiger partial charge in [0.25, 0.3) is 0 Å². The summed E-state index contributed by atoms with van der Waals surface area (Å²) in [6, 6.07) is 5.79. The molecule has 0 aromatic carbocycles. The minimum Gasteiger partial charge on any atom is -0.383 e. The number of hydrogen-bond donors (Lipinski definition) is 1. The maximum absolute atomic E-state index is 10.9. The molecular formula is C16H18N6O. The normalized spacial score (nSPS) is 17.6. The van der Waals surface area contributed by atoms with Gasteiger partial charge in [-0.05, 0) is 31.0 Å². The summed E-state index contributed by atoms with van der Waals surface area (Å²) in [7, 11) is 1.86. The van der Waals surface area contributed by atoms with Crippen molar-refractivity contribution in [2.24, 2.45) is 7.05 Å². The summed E-state index contributed by atoms with van der Waals surface area (Å²) < 4.78 is 1.75. The van der Waals surface area contributed by atoms with Crippen molar-refractivity contribution in [1.29, 1.82) is 0 Å². The lowest BCUT2D eigenvalue weighted by atomic mass is 9.88. The fraction of sp³-hybridized carbons (Fsp3) is 0.375. The van der Waals surface area contributed by atoms with Crippen LogP contribution < -0.4 is 4.90 Å². The Morgan fingerprint density at radius 3 is 2.57 bits per heavy atom. The highest BCUT2D eigenvalue weighted by atomic mass is 16.3. The highest BCUT2D eigenvalue weighted by molar-refractivity contribution is 5.71. The van der Waals surface area contributed by atoms with Gasteiger partial charge in [-0.1, -0.05) is 0 Å². The van der Waals surface area contributed by atoms with E-state index in [1.54, 1.807) is 23.3 Å². The van der Waals surface area contributed by atoms with Gasteiger partial charge in [-0.25, -0.2) is 9.97 Å². The fourth-order valence-electron chi connectivity index (χ4n) is 3.21. The smallest absolute Gasteiger partial charge is 0.180 e. The van der Waals surface area contributed by atoms with Crippen LogP contribution in [0.25, 0.3) is 11.2 Å². The third-order valence-corrected chi connectivity index (χ3v) is 4.53. The molecule has 1 N–H and O–H groups in total. The third-order valence-electron chi connectivity index (χ3n) is 4.53. The molecule has 23 heavy (non-hydrogen) atoms. The van der Waals surface area contributed by atoms with Gasteiger partial charge in [-0.3, -0.25) is 9.67 Å². The molecule has 3 aromatic heterocycles. The maximum atomic E-state index is 10.9. The van der Waals surface area contributed by atoms with Crippen LogP contribution in [0.15, 0.2) is 36.8 Å². The van der Waals surface area contributed by atoms with Crippen LogP contribution in [0.1, 0.15) is 18.5 Å². The molecule has 0 saturated carbocycles. The average molecular weight is 310 g/mol. The first kappa shape index (κ1) is 14.1. The van der Waals surface area contributed by atoms with Crippen LogP contribution in [0.2, 0.25) is 0 Å². The molecule has 0 bridgehead atoms. The van der Waals surface area contributed by atoms with Gasteiger partial charge in [0, 0.05) is 38.7 Å².